The van der Waals surface area contributed by atoms with Gasteiger partial charge < -0.3 is 15.0 Å². The molecular formula is C19H27IN4OS. The van der Waals surface area contributed by atoms with Crippen LogP contribution in [0.5, 0.6) is 0 Å². The van der Waals surface area contributed by atoms with E-state index in [2.05, 4.69) is 56.8 Å². The Morgan fingerprint density at radius 1 is 1.38 bits per heavy atom. The zero-order valence-corrected chi connectivity index (χ0v) is 18.7. The van der Waals surface area contributed by atoms with Crippen molar-refractivity contribution < 1.29 is 4.74 Å². The van der Waals surface area contributed by atoms with Gasteiger partial charge in [0.05, 0.1) is 23.9 Å². The van der Waals surface area contributed by atoms with Gasteiger partial charge in [-0.3, -0.25) is 4.99 Å². The predicted molar refractivity (Wildman–Crippen MR) is 119 cm³/mol. The van der Waals surface area contributed by atoms with E-state index in [4.69, 9.17) is 4.74 Å². The van der Waals surface area contributed by atoms with E-state index in [1.807, 2.05) is 14.0 Å². The second-order valence-corrected chi connectivity index (χ2v) is 7.31. The molecule has 1 aliphatic rings. The lowest BCUT2D eigenvalue weighted by Crippen LogP contribution is -2.48. The summed E-state index contributed by atoms with van der Waals surface area (Å²) in [4.78, 5) is 11.3. The molecule has 3 rings (SSSR count). The Morgan fingerprint density at radius 3 is 2.88 bits per heavy atom. The minimum atomic E-state index is 0. The molecule has 0 spiro atoms. The Labute approximate surface area is 176 Å². The molecule has 0 saturated carbocycles. The number of benzene rings is 1. The number of nitrogens with one attached hydrogen (secondary N) is 1. The fourth-order valence-electron chi connectivity index (χ4n) is 3.14. The van der Waals surface area contributed by atoms with E-state index in [1.54, 1.807) is 11.3 Å². The molecular weight excluding hydrogens is 459 g/mol. The third kappa shape index (κ3) is 5.40. The molecule has 5 nitrogen and oxygen atoms in total. The fourth-order valence-corrected chi connectivity index (χ4v) is 3.78. The molecule has 1 atom stereocenters. The average molecular weight is 486 g/mol. The molecule has 1 N–H and O–H groups in total. The Kier molecular flexibility index (Phi) is 8.30. The molecule has 26 heavy (non-hydrogen) atoms. The number of hydrogen-bond acceptors (Lipinski definition) is 4. The van der Waals surface area contributed by atoms with E-state index in [-0.39, 0.29) is 30.1 Å². The second kappa shape index (κ2) is 10.2. The van der Waals surface area contributed by atoms with Gasteiger partial charge in [0.25, 0.3) is 0 Å². The van der Waals surface area contributed by atoms with Gasteiger partial charge in [-0.2, -0.15) is 0 Å². The SMILES string of the molecule is CN=C(NCCc1csc(C)n1)N1CCOC(c2ccccc2C)C1.I. The molecule has 1 saturated heterocycles. The highest BCUT2D eigenvalue weighted by atomic mass is 127. The minimum absolute atomic E-state index is 0. The predicted octanol–water partition coefficient (Wildman–Crippen LogP) is 3.57. The zero-order chi connectivity index (χ0) is 17.6. The Bertz CT molecular complexity index is 734. The lowest BCUT2D eigenvalue weighted by Gasteiger charge is -2.35. The summed E-state index contributed by atoms with van der Waals surface area (Å²) in [5.41, 5.74) is 3.68. The second-order valence-electron chi connectivity index (χ2n) is 6.24. The summed E-state index contributed by atoms with van der Waals surface area (Å²) in [7, 11) is 1.84. The molecule has 1 aromatic carbocycles. The van der Waals surface area contributed by atoms with Gasteiger partial charge in [0.1, 0.15) is 6.10 Å². The Balaban J connectivity index is 0.00000243. The van der Waals surface area contributed by atoms with Crippen molar-refractivity contribution in [2.75, 3.05) is 33.3 Å². The number of rotatable bonds is 4. The van der Waals surface area contributed by atoms with Crippen LogP contribution in [0.2, 0.25) is 0 Å². The van der Waals surface area contributed by atoms with Crippen LogP contribution >= 0.6 is 35.3 Å². The van der Waals surface area contributed by atoms with Crippen LogP contribution in [0.15, 0.2) is 34.6 Å². The number of ether oxygens (including phenoxy) is 1. The summed E-state index contributed by atoms with van der Waals surface area (Å²) < 4.78 is 6.01. The van der Waals surface area contributed by atoms with Crippen LogP contribution in [-0.2, 0) is 11.2 Å². The van der Waals surface area contributed by atoms with Crippen LogP contribution in [0.3, 0.4) is 0 Å². The zero-order valence-electron chi connectivity index (χ0n) is 15.6. The van der Waals surface area contributed by atoms with E-state index in [0.29, 0.717) is 6.61 Å². The molecule has 0 radical (unpaired) electrons. The van der Waals surface area contributed by atoms with Crippen LogP contribution in [0.25, 0.3) is 0 Å². The molecule has 2 aromatic rings. The summed E-state index contributed by atoms with van der Waals surface area (Å²) >= 11 is 1.70. The average Bonchev–Trinajstić information content (AvgIpc) is 3.04. The number of hydrogen-bond donors (Lipinski definition) is 1. The van der Waals surface area contributed by atoms with Crippen LogP contribution in [0.4, 0.5) is 0 Å². The van der Waals surface area contributed by atoms with Gasteiger partial charge in [0, 0.05) is 31.9 Å². The third-order valence-corrected chi connectivity index (χ3v) is 5.27. The highest BCUT2D eigenvalue weighted by Crippen LogP contribution is 2.24. The van der Waals surface area contributed by atoms with Gasteiger partial charge in [-0.1, -0.05) is 24.3 Å². The first kappa shape index (κ1) is 21.1. The van der Waals surface area contributed by atoms with E-state index in [9.17, 15) is 0 Å². The molecule has 1 aromatic heterocycles. The van der Waals surface area contributed by atoms with E-state index in [0.717, 1.165) is 42.7 Å². The normalized spacial score (nSPS) is 17.7. The van der Waals surface area contributed by atoms with E-state index >= 15 is 0 Å². The van der Waals surface area contributed by atoms with Gasteiger partial charge in [-0.15, -0.1) is 35.3 Å². The first-order valence-electron chi connectivity index (χ1n) is 8.71. The number of guanidine groups is 1. The van der Waals surface area contributed by atoms with Crippen LogP contribution in [0, 0.1) is 13.8 Å². The third-order valence-electron chi connectivity index (χ3n) is 4.44. The standard InChI is InChI=1S/C19H26N4OS.HI/c1-14-6-4-5-7-17(14)18-12-23(10-11-24-18)19(20-3)21-9-8-16-13-25-15(2)22-16;/h4-7,13,18H,8-12H2,1-3H3,(H,20,21);1H. The maximum atomic E-state index is 6.01. The number of aryl methyl sites for hydroxylation is 2. The number of aromatic nitrogens is 1. The van der Waals surface area contributed by atoms with Gasteiger partial charge in [0.15, 0.2) is 5.96 Å². The van der Waals surface area contributed by atoms with Crippen LogP contribution in [-0.4, -0.2) is 49.1 Å². The summed E-state index contributed by atoms with van der Waals surface area (Å²) in [6.45, 7) is 7.41. The van der Waals surface area contributed by atoms with Crippen molar-refractivity contribution in [2.24, 2.45) is 4.99 Å². The highest BCUT2D eigenvalue weighted by Gasteiger charge is 2.24. The van der Waals surface area contributed by atoms with E-state index < -0.39 is 0 Å². The van der Waals surface area contributed by atoms with Crippen molar-refractivity contribution in [3.8, 4) is 0 Å². The highest BCUT2D eigenvalue weighted by molar-refractivity contribution is 14.0. The summed E-state index contributed by atoms with van der Waals surface area (Å²) in [5, 5.41) is 6.72. The summed E-state index contributed by atoms with van der Waals surface area (Å²) in [6, 6.07) is 8.44. The smallest absolute Gasteiger partial charge is 0.193 e. The molecule has 1 fully saturated rings. The maximum absolute atomic E-state index is 6.01. The van der Waals surface area contributed by atoms with Gasteiger partial charge in [0.2, 0.25) is 0 Å². The molecule has 2 heterocycles. The molecule has 0 aliphatic carbocycles. The monoisotopic (exact) mass is 486 g/mol. The molecule has 142 valence electrons. The Hall–Kier alpha value is -1.19. The summed E-state index contributed by atoms with van der Waals surface area (Å²) in [5.74, 6) is 0.939. The van der Waals surface area contributed by atoms with Gasteiger partial charge in [-0.05, 0) is 25.0 Å². The quantitative estimate of drug-likeness (QED) is 0.408. The minimum Gasteiger partial charge on any atom is -0.370 e. The molecule has 0 amide bonds. The summed E-state index contributed by atoms with van der Waals surface area (Å²) in [6.07, 6.45) is 1.00. The topological polar surface area (TPSA) is 49.8 Å². The molecule has 1 aliphatic heterocycles. The van der Waals surface area contributed by atoms with Crippen molar-refractivity contribution >= 4 is 41.3 Å². The number of thiazole rings is 1. The van der Waals surface area contributed by atoms with Crippen molar-refractivity contribution in [1.29, 1.82) is 0 Å². The Morgan fingerprint density at radius 2 is 2.19 bits per heavy atom. The van der Waals surface area contributed by atoms with E-state index in [1.165, 1.54) is 11.1 Å². The molecule has 1 unspecified atom stereocenters. The number of aliphatic imine (C=N–C) groups is 1. The van der Waals surface area contributed by atoms with Crippen LogP contribution in [0.1, 0.15) is 27.9 Å². The molecule has 7 heteroatoms. The first-order valence-corrected chi connectivity index (χ1v) is 9.59. The lowest BCUT2D eigenvalue weighted by molar-refractivity contribution is -0.00829. The van der Waals surface area contributed by atoms with Crippen molar-refractivity contribution in [1.82, 2.24) is 15.2 Å². The van der Waals surface area contributed by atoms with Crippen molar-refractivity contribution in [3.05, 3.63) is 51.5 Å². The maximum Gasteiger partial charge on any atom is 0.193 e. The lowest BCUT2D eigenvalue weighted by atomic mass is 10.0. The first-order chi connectivity index (χ1) is 12.2. The van der Waals surface area contributed by atoms with Crippen LogP contribution < -0.4 is 5.32 Å². The fraction of sp³-hybridized carbons (Fsp3) is 0.474. The number of morpholine rings is 1. The van der Waals surface area contributed by atoms with Gasteiger partial charge >= 0.3 is 0 Å². The number of halogens is 1. The van der Waals surface area contributed by atoms with Gasteiger partial charge in [-0.25, -0.2) is 4.98 Å². The molecule has 0 bridgehead atoms. The van der Waals surface area contributed by atoms with Crippen molar-refractivity contribution in [2.45, 2.75) is 26.4 Å². The largest absolute Gasteiger partial charge is 0.370 e. The number of nitrogens with zero attached hydrogens (tertiary/aromatic N) is 3. The van der Waals surface area contributed by atoms with Crippen molar-refractivity contribution in [3.63, 3.8) is 0 Å².